The molecule has 3 aromatic heterocycles. The number of fused-ring (bicyclic) bond motifs is 12. The molecule has 0 amide bonds. The maximum Gasteiger partial charge on any atom is 0.161 e. The fourth-order valence-electron chi connectivity index (χ4n) is 10.4. The average Bonchev–Trinajstić information content (AvgIpc) is 4.16. The van der Waals surface area contributed by atoms with E-state index in [-0.39, 0.29) is 48.9 Å². The van der Waals surface area contributed by atoms with Gasteiger partial charge in [0.15, 0.2) is 5.82 Å². The lowest BCUT2D eigenvalue weighted by molar-refractivity contribution is 0.669. The predicted octanol–water partition coefficient (Wildman–Crippen LogP) is 25.6. The second-order valence-corrected chi connectivity index (χ2v) is 82.9. The number of nitrogens with zero attached hydrogens (tertiary/aromatic N) is 2. The van der Waals surface area contributed by atoms with E-state index in [0.717, 1.165) is 96.6 Å². The standard InChI is InChI=1S/C58H34N2O2.H19P17/c1-3-13-35(14-4-1)50-34-51(36-15-5-2-6-16-36)60-58(59-50)46-22-12-24-55-57(46)49-33-39(27-30-53(49)62-55)40-21-11-23-54-56(40)48-32-38(26-29-52(48)61-54)37-25-28-45-43-19-8-7-17-41(43)42-18-9-10-20-44(42)47(45)31-37;1-10-15(11(2)3)17(14(8)9)16(12(4)5)13(6)7/h1-34H;10H,1-9H2. The molecule has 0 fully saturated rings. The molecule has 3 heterocycles. The van der Waals surface area contributed by atoms with Crippen molar-refractivity contribution in [1.29, 1.82) is 0 Å². The van der Waals surface area contributed by atoms with Crippen molar-refractivity contribution in [1.82, 2.24) is 9.97 Å². The molecule has 0 aliphatic carbocycles. The van der Waals surface area contributed by atoms with Crippen molar-refractivity contribution >= 4 is 213 Å². The Morgan fingerprint density at radius 1 is 0.316 bits per heavy atom. The molecule has 392 valence electrons. The van der Waals surface area contributed by atoms with Gasteiger partial charge in [0.1, 0.15) is 22.3 Å². The zero-order chi connectivity index (χ0) is 54.5. The largest absolute Gasteiger partial charge is 0.456 e. The van der Waals surface area contributed by atoms with Crippen molar-refractivity contribution in [2.75, 3.05) is 0 Å². The molecular formula is C58H53N2O2P17. The van der Waals surface area contributed by atoms with Crippen LogP contribution in [0.2, 0.25) is 0 Å². The summed E-state index contributed by atoms with van der Waals surface area (Å²) in [5.41, 5.74) is 12.5. The molecule has 0 bridgehead atoms. The molecule has 4 nitrogen and oxygen atoms in total. The van der Waals surface area contributed by atoms with Gasteiger partial charge in [-0.15, -0.1) is 80.4 Å². The van der Waals surface area contributed by atoms with Crippen LogP contribution in [0.3, 0.4) is 0 Å². The number of aromatic nitrogens is 2. The van der Waals surface area contributed by atoms with Crippen LogP contribution in [0.15, 0.2) is 215 Å². The van der Waals surface area contributed by atoms with Crippen molar-refractivity contribution in [2.24, 2.45) is 0 Å². The van der Waals surface area contributed by atoms with E-state index in [1.165, 1.54) is 37.9 Å². The minimum atomic E-state index is 0.0688. The summed E-state index contributed by atoms with van der Waals surface area (Å²) in [6.07, 6.45) is 0. The molecule has 0 spiro atoms. The van der Waals surface area contributed by atoms with Gasteiger partial charge in [-0.3, -0.25) is 0 Å². The Bertz CT molecular complexity index is 4290. The molecular weight excluding hydrogens is 1280 g/mol. The molecule has 0 aliphatic heterocycles. The Labute approximate surface area is 490 Å². The molecule has 0 saturated heterocycles. The van der Waals surface area contributed by atoms with Crippen LogP contribution in [-0.2, 0) is 0 Å². The summed E-state index contributed by atoms with van der Waals surface area (Å²) >= 11 is 0. The SMILES string of the molecule is PPP(P(P)P)P(P(P)P)P(P(P)P)P(P)P.c1ccc(-c2cc(-c3ccccc3)nc(-c3cccc4oc5ccc(-c6cccc7oc8ccc(-c9ccc%10c%11ccccc%11c%11ccccc%11c%10c9)cc8c67)cc5c34)n2)cc1. The molecule has 0 saturated carbocycles. The summed E-state index contributed by atoms with van der Waals surface area (Å²) in [5, 5.41) is 11.7. The predicted molar refractivity (Wildman–Crippen MR) is 400 cm³/mol. The third-order valence-electron chi connectivity index (χ3n) is 13.8. The molecule has 12 unspecified atom stereocenters. The Morgan fingerprint density at radius 3 is 1.23 bits per heavy atom. The quantitative estimate of drug-likeness (QED) is 0.0904. The van der Waals surface area contributed by atoms with Crippen LogP contribution < -0.4 is 0 Å². The third kappa shape index (κ3) is 12.0. The van der Waals surface area contributed by atoms with Gasteiger partial charge in [0.25, 0.3) is 0 Å². The number of hydrogen-bond acceptors (Lipinski definition) is 4. The summed E-state index contributed by atoms with van der Waals surface area (Å²) in [5.74, 6) is 0.647. The zero-order valence-corrected chi connectivity index (χ0v) is 59.8. The van der Waals surface area contributed by atoms with Gasteiger partial charge in [0.2, 0.25) is 0 Å². The summed E-state index contributed by atoms with van der Waals surface area (Å²) < 4.78 is 13.1. The highest BCUT2D eigenvalue weighted by molar-refractivity contribution is 9.31. The van der Waals surface area contributed by atoms with E-state index in [1.54, 1.807) is 0 Å². The fourth-order valence-corrected chi connectivity index (χ4v) is 199. The summed E-state index contributed by atoms with van der Waals surface area (Å²) in [6, 6.07) is 72.6. The second-order valence-electron chi connectivity index (χ2n) is 18.5. The van der Waals surface area contributed by atoms with Crippen LogP contribution in [0.25, 0.3) is 132 Å². The first-order valence-electron chi connectivity index (χ1n) is 24.7. The molecule has 79 heavy (non-hydrogen) atoms. The van der Waals surface area contributed by atoms with Crippen LogP contribution in [0.1, 0.15) is 0 Å². The van der Waals surface area contributed by atoms with Gasteiger partial charge in [0, 0.05) is 38.2 Å². The molecule has 12 atom stereocenters. The van der Waals surface area contributed by atoms with Crippen molar-refractivity contribution in [3.63, 3.8) is 0 Å². The van der Waals surface area contributed by atoms with Crippen LogP contribution in [0, 0.1) is 0 Å². The van der Waals surface area contributed by atoms with Gasteiger partial charge in [-0.1, -0.05) is 166 Å². The lowest BCUT2D eigenvalue weighted by atomic mass is 9.91. The van der Waals surface area contributed by atoms with E-state index in [2.05, 4.69) is 238 Å². The highest BCUT2D eigenvalue weighted by Gasteiger charge is 2.37. The minimum absolute atomic E-state index is 0.0688. The second kappa shape index (κ2) is 25.9. The number of benzene rings is 10. The summed E-state index contributed by atoms with van der Waals surface area (Å²) in [4.78, 5) is 10.4. The van der Waals surface area contributed by atoms with E-state index in [4.69, 9.17) is 18.8 Å². The van der Waals surface area contributed by atoms with E-state index < -0.39 is 0 Å². The Balaban J connectivity index is 0.000000319. The van der Waals surface area contributed by atoms with E-state index in [9.17, 15) is 0 Å². The Kier molecular flexibility index (Phi) is 19.1. The van der Waals surface area contributed by atoms with E-state index in [0.29, 0.717) is 5.82 Å². The lowest BCUT2D eigenvalue weighted by Crippen LogP contribution is -1.96. The zero-order valence-electron chi connectivity index (χ0n) is 42.2. The first-order valence-corrected chi connectivity index (χ1v) is 55.0. The van der Waals surface area contributed by atoms with Crippen molar-refractivity contribution in [2.45, 2.75) is 0 Å². The van der Waals surface area contributed by atoms with Gasteiger partial charge < -0.3 is 8.83 Å². The van der Waals surface area contributed by atoms with E-state index in [1.807, 2.05) is 48.5 Å². The average molecular weight is 1340 g/mol. The maximum absolute atomic E-state index is 6.56. The Hall–Kier alpha value is -1.03. The van der Waals surface area contributed by atoms with Crippen LogP contribution >= 0.6 is 137 Å². The fraction of sp³-hybridized carbons (Fsp3) is 0. The molecule has 10 aromatic carbocycles. The molecule has 13 aromatic rings. The molecule has 13 rings (SSSR count). The normalized spacial score (nSPS) is 13.0. The Morgan fingerprint density at radius 2 is 0.734 bits per heavy atom. The molecule has 0 radical (unpaired) electrons. The maximum atomic E-state index is 6.56. The molecule has 0 aliphatic rings. The molecule has 21 heteroatoms. The smallest absolute Gasteiger partial charge is 0.161 e. The van der Waals surface area contributed by atoms with Crippen molar-refractivity contribution in [3.05, 3.63) is 206 Å². The first kappa shape index (κ1) is 58.4. The molecule has 0 N–H and O–H groups in total. The number of hydrogen-bond donors (Lipinski definition) is 0. The van der Waals surface area contributed by atoms with Crippen LogP contribution in [0.4, 0.5) is 0 Å². The van der Waals surface area contributed by atoms with Crippen LogP contribution in [-0.4, -0.2) is 9.97 Å². The summed E-state index contributed by atoms with van der Waals surface area (Å²) in [7, 11) is 29.0. The van der Waals surface area contributed by atoms with Crippen molar-refractivity contribution in [3.8, 4) is 56.2 Å². The summed E-state index contributed by atoms with van der Waals surface area (Å²) in [6.45, 7) is 0.911. The number of furan rings is 2. The highest BCUT2D eigenvalue weighted by atomic mass is 33.4. The lowest BCUT2D eigenvalue weighted by Gasteiger charge is -2.41. The van der Waals surface area contributed by atoms with E-state index >= 15 is 0 Å². The van der Waals surface area contributed by atoms with Gasteiger partial charge in [-0.2, -0.15) is 0 Å². The van der Waals surface area contributed by atoms with Crippen molar-refractivity contribution < 1.29 is 8.83 Å². The highest BCUT2D eigenvalue weighted by Crippen LogP contribution is 3.25. The number of rotatable bonds is 12. The first-order chi connectivity index (χ1) is 38.4. The van der Waals surface area contributed by atoms with Gasteiger partial charge in [0.05, 0.1) is 11.4 Å². The topological polar surface area (TPSA) is 52.1 Å². The minimum Gasteiger partial charge on any atom is -0.456 e. The van der Waals surface area contributed by atoms with Crippen LogP contribution in [0.5, 0.6) is 0 Å². The van der Waals surface area contributed by atoms with Gasteiger partial charge >= 0.3 is 0 Å². The monoisotopic (exact) mass is 1340 g/mol. The van der Waals surface area contributed by atoms with Gasteiger partial charge in [-0.05, 0) is 152 Å². The van der Waals surface area contributed by atoms with Gasteiger partial charge in [-0.25, -0.2) is 9.97 Å². The third-order valence-corrected chi connectivity index (χ3v) is 116.